The molecule has 0 aromatic heterocycles. The van der Waals surface area contributed by atoms with Crippen LogP contribution in [0.4, 0.5) is 0 Å². The Balaban J connectivity index is 4.10. The van der Waals surface area contributed by atoms with Crippen molar-refractivity contribution >= 4 is 27.7 Å². The number of rotatable bonds is 5. The molecular weight excluding hydrogens is 242 g/mol. The first-order valence-corrected chi connectivity index (χ1v) is 6.90. The van der Waals surface area contributed by atoms with Gasteiger partial charge in [-0.3, -0.25) is 0 Å². The minimum Gasteiger partial charge on any atom is -0.302 e. The molecule has 1 atom stereocenters. The zero-order valence-corrected chi connectivity index (χ0v) is 9.46. The Labute approximate surface area is 79.5 Å². The van der Waals surface area contributed by atoms with Gasteiger partial charge in [0.2, 0.25) is 0 Å². The highest BCUT2D eigenvalue weighted by molar-refractivity contribution is 7.98. The quantitative estimate of drug-likeness (QED) is 0.495. The maximum absolute atomic E-state index is 10.7. The second-order valence-electron chi connectivity index (χ2n) is 2.26. The summed E-state index contributed by atoms with van der Waals surface area (Å²) >= 11 is 0.597. The molecule has 0 aromatic rings. The van der Waals surface area contributed by atoms with Gasteiger partial charge < -0.3 is 14.7 Å². The molecule has 0 spiro atoms. The van der Waals surface area contributed by atoms with E-state index in [2.05, 4.69) is 8.28 Å². The Morgan fingerprint density at radius 2 is 1.69 bits per heavy atom. The molecule has 0 radical (unpaired) electrons. The van der Waals surface area contributed by atoms with Crippen molar-refractivity contribution in [3.63, 3.8) is 0 Å². The lowest BCUT2D eigenvalue weighted by Gasteiger charge is -2.11. The predicted octanol–water partition coefficient (Wildman–Crippen LogP) is 1.27. The van der Waals surface area contributed by atoms with E-state index < -0.39 is 15.6 Å². The molecule has 0 fully saturated rings. The van der Waals surface area contributed by atoms with Gasteiger partial charge in [0.25, 0.3) is 0 Å². The average molecular weight is 252 g/mol. The van der Waals surface area contributed by atoms with Crippen molar-refractivity contribution in [3.8, 4) is 0 Å². The molecule has 0 saturated carbocycles. The molecule has 0 amide bonds. The number of hydrogen-bond acceptors (Lipinski definition) is 5. The molecule has 0 aliphatic rings. The zero-order chi connectivity index (χ0) is 10.7. The normalized spacial score (nSPS) is 17.4. The lowest BCUT2D eigenvalue weighted by atomic mass is 10.6. The van der Waals surface area contributed by atoms with Crippen LogP contribution in [0.25, 0.3) is 0 Å². The summed E-state index contributed by atoms with van der Waals surface area (Å²) in [7, 11) is -9.67. The van der Waals surface area contributed by atoms with E-state index in [-0.39, 0.29) is 5.25 Å². The molecule has 0 rings (SSSR count). The molecule has 0 aliphatic heterocycles. The third-order valence-electron chi connectivity index (χ3n) is 0.539. The van der Waals surface area contributed by atoms with Gasteiger partial charge >= 0.3 is 15.6 Å². The van der Waals surface area contributed by atoms with Gasteiger partial charge in [0, 0.05) is 17.3 Å². The van der Waals surface area contributed by atoms with Crippen LogP contribution in [-0.4, -0.2) is 19.9 Å². The van der Waals surface area contributed by atoms with Crippen molar-refractivity contribution in [1.29, 1.82) is 0 Å². The van der Waals surface area contributed by atoms with Crippen LogP contribution in [0, 0.1) is 0 Å². The van der Waals surface area contributed by atoms with E-state index in [1.807, 2.05) is 0 Å². The molecule has 80 valence electrons. The van der Waals surface area contributed by atoms with Gasteiger partial charge in [0.1, 0.15) is 0 Å². The van der Waals surface area contributed by atoms with E-state index in [1.165, 1.54) is 0 Å². The van der Waals surface area contributed by atoms with E-state index in [1.54, 1.807) is 13.8 Å². The van der Waals surface area contributed by atoms with E-state index in [9.17, 15) is 9.13 Å². The monoisotopic (exact) mass is 252 g/mol. The summed E-state index contributed by atoms with van der Waals surface area (Å²) in [5.74, 6) is 0. The molecule has 10 heteroatoms. The minimum atomic E-state index is -5.00. The van der Waals surface area contributed by atoms with Gasteiger partial charge in [0.15, 0.2) is 0 Å². The number of phosphoric acid groups is 2. The smallest absolute Gasteiger partial charge is 0.302 e. The average Bonchev–Trinajstić information content (AvgIpc) is 1.78. The van der Waals surface area contributed by atoms with Crippen molar-refractivity contribution in [2.45, 2.75) is 19.1 Å². The van der Waals surface area contributed by atoms with Crippen molar-refractivity contribution in [2.24, 2.45) is 0 Å². The van der Waals surface area contributed by atoms with E-state index in [4.69, 9.17) is 14.7 Å². The Hall–Kier alpha value is 0.610. The first-order chi connectivity index (χ1) is 5.62. The SMILES string of the molecule is CC(C)SOP(=O)(O)OP(=O)(O)O. The summed E-state index contributed by atoms with van der Waals surface area (Å²) in [5.41, 5.74) is 0. The van der Waals surface area contributed by atoms with Crippen LogP contribution >= 0.6 is 27.7 Å². The van der Waals surface area contributed by atoms with E-state index >= 15 is 0 Å². The molecule has 3 N–H and O–H groups in total. The number of hydrogen-bond donors (Lipinski definition) is 3. The summed E-state index contributed by atoms with van der Waals surface area (Å²) in [6.45, 7) is 3.34. The molecule has 7 nitrogen and oxygen atoms in total. The van der Waals surface area contributed by atoms with Crippen LogP contribution in [0.2, 0.25) is 0 Å². The standard InChI is InChI=1S/C3H10O7P2S/c1-3(2)13-10-12(7,8)9-11(4,5)6/h3H,1-2H3,(H,7,8)(H2,4,5,6). The largest absolute Gasteiger partial charge is 0.492 e. The van der Waals surface area contributed by atoms with Gasteiger partial charge in [0.05, 0.1) is 0 Å². The Kier molecular flexibility index (Phi) is 5.14. The minimum absolute atomic E-state index is 0.124. The van der Waals surface area contributed by atoms with Gasteiger partial charge in [-0.05, 0) is 0 Å². The molecule has 0 aliphatic carbocycles. The van der Waals surface area contributed by atoms with Gasteiger partial charge in [-0.1, -0.05) is 13.8 Å². The lowest BCUT2D eigenvalue weighted by Crippen LogP contribution is -1.92. The molecule has 1 unspecified atom stereocenters. The predicted molar refractivity (Wildman–Crippen MR) is 46.8 cm³/mol. The van der Waals surface area contributed by atoms with Crippen LogP contribution in [0.1, 0.15) is 13.8 Å². The van der Waals surface area contributed by atoms with Crippen LogP contribution in [0.3, 0.4) is 0 Å². The summed E-state index contributed by atoms with van der Waals surface area (Å²) in [5, 5.41) is -0.124. The van der Waals surface area contributed by atoms with Crippen LogP contribution < -0.4 is 0 Å². The second kappa shape index (κ2) is 4.91. The van der Waals surface area contributed by atoms with E-state index in [0.717, 1.165) is 0 Å². The highest BCUT2D eigenvalue weighted by atomic mass is 32.2. The maximum Gasteiger partial charge on any atom is 0.492 e. The Morgan fingerprint density at radius 1 is 1.23 bits per heavy atom. The van der Waals surface area contributed by atoms with Crippen molar-refractivity contribution < 1.29 is 32.1 Å². The Bertz CT molecular complexity index is 246. The van der Waals surface area contributed by atoms with Gasteiger partial charge in [-0.2, -0.15) is 4.31 Å². The third-order valence-corrected chi connectivity index (χ3v) is 3.70. The molecule has 0 saturated heterocycles. The first kappa shape index (κ1) is 13.6. The highest BCUT2D eigenvalue weighted by Gasteiger charge is 2.33. The van der Waals surface area contributed by atoms with Crippen molar-refractivity contribution in [2.75, 3.05) is 0 Å². The maximum atomic E-state index is 10.7. The topological polar surface area (TPSA) is 113 Å². The zero-order valence-electron chi connectivity index (χ0n) is 6.85. The molecule has 13 heavy (non-hydrogen) atoms. The van der Waals surface area contributed by atoms with Crippen LogP contribution in [0.5, 0.6) is 0 Å². The fourth-order valence-corrected chi connectivity index (χ4v) is 2.84. The first-order valence-electron chi connectivity index (χ1n) is 3.07. The third kappa shape index (κ3) is 8.93. The fourth-order valence-electron chi connectivity index (χ4n) is 0.288. The summed E-state index contributed by atoms with van der Waals surface area (Å²) in [6.07, 6.45) is 0. The van der Waals surface area contributed by atoms with Gasteiger partial charge in [-0.25, -0.2) is 13.1 Å². The summed E-state index contributed by atoms with van der Waals surface area (Å²) in [6, 6.07) is 0. The van der Waals surface area contributed by atoms with E-state index in [0.29, 0.717) is 12.0 Å². The van der Waals surface area contributed by atoms with Crippen molar-refractivity contribution in [3.05, 3.63) is 0 Å². The summed E-state index contributed by atoms with van der Waals surface area (Å²) < 4.78 is 28.6. The van der Waals surface area contributed by atoms with Crippen LogP contribution in [-0.2, 0) is 17.4 Å². The van der Waals surface area contributed by atoms with Crippen molar-refractivity contribution in [1.82, 2.24) is 0 Å². The lowest BCUT2D eigenvalue weighted by molar-refractivity contribution is 0.236. The van der Waals surface area contributed by atoms with Crippen LogP contribution in [0.15, 0.2) is 0 Å². The molecular formula is C3H10O7P2S. The summed E-state index contributed by atoms with van der Waals surface area (Å²) in [4.78, 5) is 25.1. The second-order valence-corrected chi connectivity index (χ2v) is 6.56. The molecule has 0 bridgehead atoms. The highest BCUT2D eigenvalue weighted by Crippen LogP contribution is 2.59. The fraction of sp³-hybridized carbons (Fsp3) is 1.00. The Morgan fingerprint density at radius 3 is 2.00 bits per heavy atom. The molecule has 0 heterocycles. The van der Waals surface area contributed by atoms with Gasteiger partial charge in [-0.15, -0.1) is 0 Å². The molecule has 0 aromatic carbocycles.